The third-order valence-electron chi connectivity index (χ3n) is 4.24. The van der Waals surface area contributed by atoms with Crippen LogP contribution in [0, 0.1) is 5.92 Å². The van der Waals surface area contributed by atoms with Gasteiger partial charge in [-0.2, -0.15) is 0 Å². The smallest absolute Gasteiger partial charge is 0.307 e. The molecule has 0 amide bonds. The first-order valence-electron chi connectivity index (χ1n) is 6.79. The van der Waals surface area contributed by atoms with E-state index in [0.29, 0.717) is 12.1 Å². The molecule has 2 unspecified atom stereocenters. The lowest BCUT2D eigenvalue weighted by Gasteiger charge is -2.35. The minimum absolute atomic E-state index is 0.142. The number of piperidine rings is 1. The molecule has 0 radical (unpaired) electrons. The number of carboxylic acids is 1. The van der Waals surface area contributed by atoms with Crippen LogP contribution in [0.25, 0.3) is 0 Å². The van der Waals surface area contributed by atoms with Crippen LogP contribution in [-0.4, -0.2) is 59.1 Å². The van der Waals surface area contributed by atoms with Crippen LogP contribution in [0.2, 0.25) is 0 Å². The maximum absolute atomic E-state index is 11.1. The highest BCUT2D eigenvalue weighted by Gasteiger charge is 2.33. The molecule has 2 atom stereocenters. The Morgan fingerprint density at radius 1 is 1.24 bits per heavy atom. The van der Waals surface area contributed by atoms with Crippen LogP contribution in [0.15, 0.2) is 0 Å². The average molecular weight is 240 g/mol. The molecule has 2 aliphatic heterocycles. The Morgan fingerprint density at radius 2 is 2.00 bits per heavy atom. The second kappa shape index (κ2) is 5.36. The molecule has 17 heavy (non-hydrogen) atoms. The van der Waals surface area contributed by atoms with Crippen molar-refractivity contribution in [2.24, 2.45) is 5.92 Å². The molecule has 0 bridgehead atoms. The lowest BCUT2D eigenvalue weighted by Crippen LogP contribution is -2.46. The van der Waals surface area contributed by atoms with Gasteiger partial charge in [0, 0.05) is 31.7 Å². The summed E-state index contributed by atoms with van der Waals surface area (Å²) >= 11 is 0. The lowest BCUT2D eigenvalue weighted by molar-refractivity contribution is -0.143. The first kappa shape index (κ1) is 12.8. The highest BCUT2D eigenvalue weighted by molar-refractivity contribution is 5.70. The van der Waals surface area contributed by atoms with Gasteiger partial charge < -0.3 is 5.11 Å². The van der Waals surface area contributed by atoms with Crippen molar-refractivity contribution in [3.8, 4) is 0 Å². The van der Waals surface area contributed by atoms with Gasteiger partial charge in [0.25, 0.3) is 0 Å². The van der Waals surface area contributed by atoms with Gasteiger partial charge in [-0.25, -0.2) is 0 Å². The quantitative estimate of drug-likeness (QED) is 0.806. The molecule has 2 fully saturated rings. The Balaban J connectivity index is 1.88. The van der Waals surface area contributed by atoms with Gasteiger partial charge >= 0.3 is 5.97 Å². The van der Waals surface area contributed by atoms with E-state index in [1.165, 1.54) is 6.42 Å². The van der Waals surface area contributed by atoms with Crippen molar-refractivity contribution in [2.45, 2.75) is 45.2 Å². The van der Waals surface area contributed by atoms with Crippen molar-refractivity contribution >= 4 is 5.97 Å². The Morgan fingerprint density at radius 3 is 2.59 bits per heavy atom. The Kier molecular flexibility index (Phi) is 4.05. The molecule has 98 valence electrons. The van der Waals surface area contributed by atoms with Crippen molar-refractivity contribution < 1.29 is 9.90 Å². The van der Waals surface area contributed by atoms with E-state index in [0.717, 1.165) is 39.0 Å². The minimum Gasteiger partial charge on any atom is -0.481 e. The monoisotopic (exact) mass is 240 g/mol. The molecule has 0 aliphatic carbocycles. The Labute approximate surface area is 104 Å². The molecule has 0 aromatic carbocycles. The molecule has 0 saturated carbocycles. The molecule has 2 rings (SSSR count). The minimum atomic E-state index is -0.617. The van der Waals surface area contributed by atoms with Crippen LogP contribution in [-0.2, 0) is 4.79 Å². The van der Waals surface area contributed by atoms with Crippen molar-refractivity contribution in [2.75, 3.05) is 26.2 Å². The molecule has 0 aromatic heterocycles. The summed E-state index contributed by atoms with van der Waals surface area (Å²) in [7, 11) is 0. The molecule has 4 nitrogen and oxygen atoms in total. The number of carboxylic acid groups (broad SMARTS) is 1. The summed E-state index contributed by atoms with van der Waals surface area (Å²) in [6.45, 7) is 8.59. The fraction of sp³-hybridized carbons (Fsp3) is 0.923. The molecule has 0 aromatic rings. The van der Waals surface area contributed by atoms with Crippen molar-refractivity contribution in [1.82, 2.24) is 9.80 Å². The summed E-state index contributed by atoms with van der Waals surface area (Å²) in [5.41, 5.74) is 0. The molecule has 4 heteroatoms. The second-order valence-electron chi connectivity index (χ2n) is 5.70. The fourth-order valence-electron chi connectivity index (χ4n) is 3.07. The Bertz CT molecular complexity index is 281. The lowest BCUT2D eigenvalue weighted by atomic mass is 9.96. The van der Waals surface area contributed by atoms with Gasteiger partial charge in [-0.3, -0.25) is 14.6 Å². The van der Waals surface area contributed by atoms with Crippen LogP contribution >= 0.6 is 0 Å². The molecular formula is C13H24N2O2. The third kappa shape index (κ3) is 2.99. The van der Waals surface area contributed by atoms with E-state index < -0.39 is 5.97 Å². The number of hydrogen-bond acceptors (Lipinski definition) is 3. The average Bonchev–Trinajstić information content (AvgIpc) is 2.78. The molecule has 2 aliphatic rings. The van der Waals surface area contributed by atoms with Crippen molar-refractivity contribution in [3.63, 3.8) is 0 Å². The SMILES string of the molecule is CC(C)N1CCC(N2CCCC(C(=O)O)C2)C1. The number of hydrogen-bond donors (Lipinski definition) is 1. The predicted molar refractivity (Wildman–Crippen MR) is 67.0 cm³/mol. The number of likely N-dealkylation sites (tertiary alicyclic amines) is 2. The van der Waals surface area contributed by atoms with Gasteiger partial charge in [-0.1, -0.05) is 0 Å². The third-order valence-corrected chi connectivity index (χ3v) is 4.24. The normalized spacial score (nSPS) is 32.2. The van der Waals surface area contributed by atoms with Gasteiger partial charge in [0.2, 0.25) is 0 Å². The van der Waals surface area contributed by atoms with E-state index in [-0.39, 0.29) is 5.92 Å². The van der Waals surface area contributed by atoms with Gasteiger partial charge in [0.15, 0.2) is 0 Å². The molecule has 1 N–H and O–H groups in total. The van der Waals surface area contributed by atoms with Gasteiger partial charge in [-0.15, -0.1) is 0 Å². The maximum atomic E-state index is 11.1. The molecule has 2 heterocycles. The maximum Gasteiger partial charge on any atom is 0.307 e. The number of aliphatic carboxylic acids is 1. The zero-order valence-electron chi connectivity index (χ0n) is 10.9. The largest absolute Gasteiger partial charge is 0.481 e. The van der Waals surface area contributed by atoms with E-state index in [2.05, 4.69) is 23.6 Å². The highest BCUT2D eigenvalue weighted by Crippen LogP contribution is 2.24. The summed E-state index contributed by atoms with van der Waals surface area (Å²) in [4.78, 5) is 16.0. The van der Waals surface area contributed by atoms with E-state index in [9.17, 15) is 4.79 Å². The number of rotatable bonds is 3. The summed E-state index contributed by atoms with van der Waals surface area (Å²) in [5.74, 6) is -0.759. The zero-order valence-corrected chi connectivity index (χ0v) is 10.9. The number of nitrogens with zero attached hydrogens (tertiary/aromatic N) is 2. The fourth-order valence-corrected chi connectivity index (χ4v) is 3.07. The Hall–Kier alpha value is -0.610. The summed E-state index contributed by atoms with van der Waals surface area (Å²) in [6.07, 6.45) is 3.09. The van der Waals surface area contributed by atoms with E-state index in [1.54, 1.807) is 0 Å². The molecule has 2 saturated heterocycles. The van der Waals surface area contributed by atoms with Crippen molar-refractivity contribution in [3.05, 3.63) is 0 Å². The van der Waals surface area contributed by atoms with E-state index >= 15 is 0 Å². The summed E-state index contributed by atoms with van der Waals surface area (Å²) < 4.78 is 0. The first-order chi connectivity index (χ1) is 8.08. The van der Waals surface area contributed by atoms with Gasteiger partial charge in [-0.05, 0) is 39.7 Å². The van der Waals surface area contributed by atoms with Crippen LogP contribution in [0.4, 0.5) is 0 Å². The topological polar surface area (TPSA) is 43.8 Å². The predicted octanol–water partition coefficient (Wildman–Crippen LogP) is 1.27. The first-order valence-corrected chi connectivity index (χ1v) is 6.79. The zero-order chi connectivity index (χ0) is 12.4. The standard InChI is InChI=1S/C13H24N2O2/c1-10(2)14-7-5-12(9-14)15-6-3-4-11(8-15)13(16)17/h10-12H,3-9H2,1-2H3,(H,16,17). The van der Waals surface area contributed by atoms with Crippen LogP contribution < -0.4 is 0 Å². The van der Waals surface area contributed by atoms with Gasteiger partial charge in [0.05, 0.1) is 5.92 Å². The van der Waals surface area contributed by atoms with Crippen LogP contribution in [0.1, 0.15) is 33.1 Å². The highest BCUT2D eigenvalue weighted by atomic mass is 16.4. The van der Waals surface area contributed by atoms with Crippen molar-refractivity contribution in [1.29, 1.82) is 0 Å². The number of carbonyl (C=O) groups is 1. The van der Waals surface area contributed by atoms with Crippen LogP contribution in [0.5, 0.6) is 0 Å². The summed E-state index contributed by atoms with van der Waals surface area (Å²) in [6, 6.07) is 1.19. The van der Waals surface area contributed by atoms with Gasteiger partial charge in [0.1, 0.15) is 0 Å². The van der Waals surface area contributed by atoms with Crippen LogP contribution in [0.3, 0.4) is 0 Å². The van der Waals surface area contributed by atoms with E-state index in [1.807, 2.05) is 0 Å². The van der Waals surface area contributed by atoms with E-state index in [4.69, 9.17) is 5.11 Å². The molecular weight excluding hydrogens is 216 g/mol. The molecule has 0 spiro atoms. The summed E-state index contributed by atoms with van der Waals surface area (Å²) in [5, 5.41) is 9.10. The second-order valence-corrected chi connectivity index (χ2v) is 5.70.